The van der Waals surface area contributed by atoms with E-state index < -0.39 is 0 Å². The van der Waals surface area contributed by atoms with E-state index >= 15 is 0 Å². The zero-order valence-corrected chi connectivity index (χ0v) is 12.7. The summed E-state index contributed by atoms with van der Waals surface area (Å²) >= 11 is 0. The molecule has 0 radical (unpaired) electrons. The first kappa shape index (κ1) is 15.1. The molecule has 0 atom stereocenters. The third-order valence-corrected chi connectivity index (χ3v) is 3.53. The predicted molar refractivity (Wildman–Crippen MR) is 85.7 cm³/mol. The summed E-state index contributed by atoms with van der Waals surface area (Å²) in [6, 6.07) is 7.14. The topological polar surface area (TPSA) is 54.3 Å². The molecule has 0 aliphatic carbocycles. The molecule has 0 bridgehead atoms. The fourth-order valence-electron chi connectivity index (χ4n) is 2.22. The number of aryl methyl sites for hydroxylation is 1. The lowest BCUT2D eigenvalue weighted by Gasteiger charge is -2.18. The molecular formula is C16H21N3O2. The van der Waals surface area contributed by atoms with Gasteiger partial charge in [-0.2, -0.15) is 0 Å². The van der Waals surface area contributed by atoms with Crippen molar-refractivity contribution in [3.05, 3.63) is 40.8 Å². The molecule has 21 heavy (non-hydrogen) atoms. The number of urea groups is 1. The number of fused-ring (bicyclic) bond motifs is 1. The number of hydrogen-bond acceptors (Lipinski definition) is 2. The standard InChI is InChI=1S/C16H21N3O2/c1-4-5-10-18(2)16(21)17-14-11-19(3)15(20)13-9-7-6-8-12(13)14/h6-9,11H,4-5,10H2,1-3H3,(H,17,21). The number of benzene rings is 1. The quantitative estimate of drug-likeness (QED) is 0.940. The molecule has 0 spiro atoms. The Morgan fingerprint density at radius 2 is 1.95 bits per heavy atom. The molecule has 0 saturated heterocycles. The number of hydrogen-bond donors (Lipinski definition) is 1. The van der Waals surface area contributed by atoms with Gasteiger partial charge in [-0.15, -0.1) is 0 Å². The molecule has 5 nitrogen and oxygen atoms in total. The van der Waals surface area contributed by atoms with Crippen LogP contribution in [0.25, 0.3) is 10.8 Å². The fraction of sp³-hybridized carbons (Fsp3) is 0.375. The van der Waals surface area contributed by atoms with Gasteiger partial charge in [-0.05, 0) is 12.5 Å². The van der Waals surface area contributed by atoms with Crippen LogP contribution in [0.5, 0.6) is 0 Å². The summed E-state index contributed by atoms with van der Waals surface area (Å²) in [6.45, 7) is 2.80. The molecule has 1 heterocycles. The number of aromatic nitrogens is 1. The monoisotopic (exact) mass is 287 g/mol. The van der Waals surface area contributed by atoms with Crippen molar-refractivity contribution in [3.63, 3.8) is 0 Å². The highest BCUT2D eigenvalue weighted by Crippen LogP contribution is 2.20. The molecule has 0 saturated carbocycles. The zero-order valence-electron chi connectivity index (χ0n) is 12.7. The number of unbranched alkanes of at least 4 members (excludes halogenated alkanes) is 1. The molecule has 0 unspecified atom stereocenters. The zero-order chi connectivity index (χ0) is 15.4. The van der Waals surface area contributed by atoms with Crippen molar-refractivity contribution in [1.29, 1.82) is 0 Å². The average molecular weight is 287 g/mol. The van der Waals surface area contributed by atoms with Crippen molar-refractivity contribution < 1.29 is 4.79 Å². The van der Waals surface area contributed by atoms with E-state index in [0.29, 0.717) is 17.6 Å². The van der Waals surface area contributed by atoms with E-state index in [1.54, 1.807) is 31.3 Å². The molecule has 0 fully saturated rings. The van der Waals surface area contributed by atoms with Crippen LogP contribution in [0.4, 0.5) is 10.5 Å². The number of carbonyl (C=O) groups excluding carboxylic acids is 1. The molecule has 2 rings (SSSR count). The Bertz CT molecular complexity index is 706. The van der Waals surface area contributed by atoms with Crippen LogP contribution in [0.2, 0.25) is 0 Å². The Labute approximate surface area is 124 Å². The van der Waals surface area contributed by atoms with Crippen LogP contribution < -0.4 is 10.9 Å². The van der Waals surface area contributed by atoms with Crippen molar-refractivity contribution in [2.75, 3.05) is 18.9 Å². The lowest BCUT2D eigenvalue weighted by atomic mass is 10.1. The van der Waals surface area contributed by atoms with Crippen LogP contribution in [0.1, 0.15) is 19.8 Å². The van der Waals surface area contributed by atoms with E-state index in [1.165, 1.54) is 4.57 Å². The van der Waals surface area contributed by atoms with Crippen LogP contribution in [0.15, 0.2) is 35.3 Å². The molecular weight excluding hydrogens is 266 g/mol. The van der Waals surface area contributed by atoms with Crippen molar-refractivity contribution in [1.82, 2.24) is 9.47 Å². The Morgan fingerprint density at radius 1 is 1.29 bits per heavy atom. The van der Waals surface area contributed by atoms with Gasteiger partial charge in [0.2, 0.25) is 0 Å². The maximum Gasteiger partial charge on any atom is 0.321 e. The smallest absolute Gasteiger partial charge is 0.321 e. The summed E-state index contributed by atoms with van der Waals surface area (Å²) in [7, 11) is 3.46. The SMILES string of the molecule is CCCCN(C)C(=O)Nc1cn(C)c(=O)c2ccccc12. The summed E-state index contributed by atoms with van der Waals surface area (Å²) in [5.41, 5.74) is 0.587. The molecule has 1 aromatic heterocycles. The van der Waals surface area contributed by atoms with Gasteiger partial charge >= 0.3 is 6.03 Å². The van der Waals surface area contributed by atoms with Gasteiger partial charge < -0.3 is 14.8 Å². The van der Waals surface area contributed by atoms with Gasteiger partial charge in [0.05, 0.1) is 5.69 Å². The van der Waals surface area contributed by atoms with Gasteiger partial charge in [-0.25, -0.2) is 4.79 Å². The average Bonchev–Trinajstić information content (AvgIpc) is 2.49. The second kappa shape index (κ2) is 6.43. The number of amides is 2. The fourth-order valence-corrected chi connectivity index (χ4v) is 2.22. The van der Waals surface area contributed by atoms with E-state index in [2.05, 4.69) is 12.2 Å². The van der Waals surface area contributed by atoms with E-state index in [9.17, 15) is 9.59 Å². The van der Waals surface area contributed by atoms with Crippen LogP contribution in [-0.4, -0.2) is 29.1 Å². The Balaban J connectivity index is 2.33. The second-order valence-corrected chi connectivity index (χ2v) is 5.21. The van der Waals surface area contributed by atoms with Gasteiger partial charge in [-0.1, -0.05) is 31.5 Å². The Morgan fingerprint density at radius 3 is 2.62 bits per heavy atom. The number of nitrogens with one attached hydrogen (secondary N) is 1. The van der Waals surface area contributed by atoms with Crippen LogP contribution in [0, 0.1) is 0 Å². The molecule has 2 aromatic rings. The predicted octanol–water partition coefficient (Wildman–Crippen LogP) is 2.80. The molecule has 5 heteroatoms. The number of rotatable bonds is 4. The summed E-state index contributed by atoms with van der Waals surface area (Å²) < 4.78 is 1.49. The van der Waals surface area contributed by atoms with E-state index in [-0.39, 0.29) is 11.6 Å². The maximum atomic E-state index is 12.2. The number of anilines is 1. The summed E-state index contributed by atoms with van der Waals surface area (Å²) in [5, 5.41) is 4.26. The number of nitrogens with zero attached hydrogens (tertiary/aromatic N) is 2. The normalized spacial score (nSPS) is 10.6. The first-order valence-electron chi connectivity index (χ1n) is 7.15. The molecule has 2 amide bonds. The third kappa shape index (κ3) is 3.24. The van der Waals surface area contributed by atoms with E-state index in [1.807, 2.05) is 18.2 Å². The molecule has 1 N–H and O–H groups in total. The highest BCUT2D eigenvalue weighted by Gasteiger charge is 2.12. The van der Waals surface area contributed by atoms with Crippen molar-refractivity contribution in [2.45, 2.75) is 19.8 Å². The van der Waals surface area contributed by atoms with E-state index in [0.717, 1.165) is 18.2 Å². The summed E-state index contributed by atoms with van der Waals surface area (Å²) in [4.78, 5) is 25.9. The largest absolute Gasteiger partial charge is 0.328 e. The Kier molecular flexibility index (Phi) is 4.62. The second-order valence-electron chi connectivity index (χ2n) is 5.21. The number of pyridine rings is 1. The maximum absolute atomic E-state index is 12.2. The summed E-state index contributed by atoms with van der Waals surface area (Å²) in [6.07, 6.45) is 3.68. The van der Waals surface area contributed by atoms with Gasteiger partial charge in [-0.3, -0.25) is 4.79 Å². The molecule has 1 aromatic carbocycles. The van der Waals surface area contributed by atoms with E-state index in [4.69, 9.17) is 0 Å². The first-order valence-corrected chi connectivity index (χ1v) is 7.15. The minimum Gasteiger partial charge on any atom is -0.328 e. The van der Waals surface area contributed by atoms with Crippen molar-refractivity contribution in [3.8, 4) is 0 Å². The minimum absolute atomic E-state index is 0.0667. The third-order valence-electron chi connectivity index (χ3n) is 3.53. The van der Waals surface area contributed by atoms with Gasteiger partial charge in [0, 0.05) is 37.6 Å². The summed E-state index contributed by atoms with van der Waals surface area (Å²) in [5.74, 6) is 0. The van der Waals surface area contributed by atoms with Crippen LogP contribution >= 0.6 is 0 Å². The Hall–Kier alpha value is -2.30. The lowest BCUT2D eigenvalue weighted by Crippen LogP contribution is -2.32. The molecule has 0 aliphatic heterocycles. The van der Waals surface area contributed by atoms with Gasteiger partial charge in [0.1, 0.15) is 0 Å². The lowest BCUT2D eigenvalue weighted by molar-refractivity contribution is 0.222. The van der Waals surface area contributed by atoms with Crippen LogP contribution in [-0.2, 0) is 7.05 Å². The molecule has 0 aliphatic rings. The van der Waals surface area contributed by atoms with Gasteiger partial charge in [0.25, 0.3) is 5.56 Å². The minimum atomic E-state index is -0.160. The first-order chi connectivity index (χ1) is 10.0. The van der Waals surface area contributed by atoms with Gasteiger partial charge in [0.15, 0.2) is 0 Å². The van der Waals surface area contributed by atoms with Crippen molar-refractivity contribution >= 4 is 22.5 Å². The highest BCUT2D eigenvalue weighted by atomic mass is 16.2. The van der Waals surface area contributed by atoms with Crippen molar-refractivity contribution in [2.24, 2.45) is 7.05 Å². The number of carbonyl (C=O) groups is 1. The molecule has 112 valence electrons. The van der Waals surface area contributed by atoms with Crippen LogP contribution in [0.3, 0.4) is 0 Å². The highest BCUT2D eigenvalue weighted by molar-refractivity contribution is 6.00.